The first-order valence-electron chi connectivity index (χ1n) is 5.08. The summed E-state index contributed by atoms with van der Waals surface area (Å²) in [5.74, 6) is -0.250. The second-order valence-corrected chi connectivity index (χ2v) is 4.62. The predicted octanol–water partition coefficient (Wildman–Crippen LogP) is 3.84. The van der Waals surface area contributed by atoms with Crippen LogP contribution in [0.15, 0.2) is 47.4 Å². The van der Waals surface area contributed by atoms with Gasteiger partial charge in [-0.05, 0) is 24.3 Å². The van der Waals surface area contributed by atoms with Gasteiger partial charge in [-0.2, -0.15) is 0 Å². The monoisotopic (exact) mass is 251 g/mol. The predicted molar refractivity (Wildman–Crippen MR) is 66.8 cm³/mol. The molecule has 0 aliphatic rings. The van der Waals surface area contributed by atoms with Gasteiger partial charge in [-0.25, -0.2) is 8.78 Å². The van der Waals surface area contributed by atoms with Gasteiger partial charge in [-0.15, -0.1) is 11.8 Å². The molecular weight excluding hydrogens is 240 g/mol. The first kappa shape index (κ1) is 11.9. The molecule has 0 fully saturated rings. The lowest BCUT2D eigenvalue weighted by atomic mass is 10.2. The Labute approximate surface area is 103 Å². The second-order valence-electron chi connectivity index (χ2n) is 3.57. The van der Waals surface area contributed by atoms with Crippen LogP contribution < -0.4 is 5.73 Å². The Balaban J connectivity index is 2.10. The summed E-state index contributed by atoms with van der Waals surface area (Å²) in [6.07, 6.45) is 0. The highest BCUT2D eigenvalue weighted by Gasteiger charge is 2.06. The Hall–Kier alpha value is -1.55. The number of nitrogens with two attached hydrogens (primary N) is 1. The third kappa shape index (κ3) is 2.97. The highest BCUT2D eigenvalue weighted by molar-refractivity contribution is 7.98. The standard InChI is InChI=1S/C13H11F2NS/c14-10-4-2-5-11(7-10)17-8-9-3-1-6-12(16)13(9)15/h1-7H,8,16H2. The Morgan fingerprint density at radius 3 is 2.59 bits per heavy atom. The molecule has 17 heavy (non-hydrogen) atoms. The van der Waals surface area contributed by atoms with Crippen molar-refractivity contribution >= 4 is 17.4 Å². The van der Waals surface area contributed by atoms with Crippen LogP contribution in [0, 0.1) is 11.6 Å². The number of rotatable bonds is 3. The summed E-state index contributed by atoms with van der Waals surface area (Å²) in [5, 5.41) is 0. The fraction of sp³-hybridized carbons (Fsp3) is 0.0769. The van der Waals surface area contributed by atoms with E-state index in [-0.39, 0.29) is 11.5 Å². The summed E-state index contributed by atoms with van der Waals surface area (Å²) in [5.41, 5.74) is 6.14. The lowest BCUT2D eigenvalue weighted by Crippen LogP contribution is -1.95. The lowest BCUT2D eigenvalue weighted by Gasteiger charge is -2.05. The third-order valence-corrected chi connectivity index (χ3v) is 3.34. The Morgan fingerprint density at radius 2 is 1.82 bits per heavy atom. The number of hydrogen-bond acceptors (Lipinski definition) is 2. The highest BCUT2D eigenvalue weighted by Crippen LogP contribution is 2.26. The van der Waals surface area contributed by atoms with Gasteiger partial charge in [-0.3, -0.25) is 0 Å². The minimum absolute atomic E-state index is 0.141. The van der Waals surface area contributed by atoms with Crippen molar-refractivity contribution in [3.05, 3.63) is 59.7 Å². The van der Waals surface area contributed by atoms with Gasteiger partial charge in [0.25, 0.3) is 0 Å². The van der Waals surface area contributed by atoms with Crippen molar-refractivity contribution in [1.82, 2.24) is 0 Å². The SMILES string of the molecule is Nc1cccc(CSc2cccc(F)c2)c1F. The minimum Gasteiger partial charge on any atom is -0.396 e. The summed E-state index contributed by atoms with van der Waals surface area (Å²) in [6.45, 7) is 0. The second kappa shape index (κ2) is 5.19. The van der Waals surface area contributed by atoms with E-state index < -0.39 is 5.82 Å². The van der Waals surface area contributed by atoms with E-state index in [0.717, 1.165) is 4.90 Å². The Morgan fingerprint density at radius 1 is 1.06 bits per heavy atom. The van der Waals surface area contributed by atoms with Gasteiger partial charge < -0.3 is 5.73 Å². The molecule has 1 nitrogen and oxygen atoms in total. The number of anilines is 1. The molecule has 0 aliphatic heterocycles. The quantitative estimate of drug-likeness (QED) is 0.662. The summed E-state index contributed by atoms with van der Waals surface area (Å²) in [6, 6.07) is 11.1. The van der Waals surface area contributed by atoms with Crippen molar-refractivity contribution in [1.29, 1.82) is 0 Å². The molecule has 0 spiro atoms. The first-order chi connectivity index (χ1) is 8.16. The maximum Gasteiger partial charge on any atom is 0.150 e. The van der Waals surface area contributed by atoms with Crippen molar-refractivity contribution in [2.75, 3.05) is 5.73 Å². The van der Waals surface area contributed by atoms with Crippen molar-refractivity contribution in [3.8, 4) is 0 Å². The molecule has 0 unspecified atom stereocenters. The molecule has 0 radical (unpaired) electrons. The fourth-order valence-electron chi connectivity index (χ4n) is 1.43. The average molecular weight is 251 g/mol. The van der Waals surface area contributed by atoms with Crippen molar-refractivity contribution in [3.63, 3.8) is 0 Å². The molecule has 2 aromatic carbocycles. The van der Waals surface area contributed by atoms with Gasteiger partial charge in [0, 0.05) is 16.2 Å². The molecule has 0 bridgehead atoms. The van der Waals surface area contributed by atoms with Crippen LogP contribution in [0.5, 0.6) is 0 Å². The maximum absolute atomic E-state index is 13.6. The van der Waals surface area contributed by atoms with E-state index in [4.69, 9.17) is 5.73 Å². The van der Waals surface area contributed by atoms with E-state index in [1.54, 1.807) is 24.3 Å². The molecule has 0 aromatic heterocycles. The smallest absolute Gasteiger partial charge is 0.150 e. The summed E-state index contributed by atoms with van der Waals surface area (Å²) in [4.78, 5) is 0.770. The third-order valence-electron chi connectivity index (χ3n) is 2.30. The Bertz CT molecular complexity index is 529. The van der Waals surface area contributed by atoms with Crippen molar-refractivity contribution in [2.24, 2.45) is 0 Å². The zero-order valence-electron chi connectivity index (χ0n) is 8.99. The van der Waals surface area contributed by atoms with Crippen LogP contribution in [0.25, 0.3) is 0 Å². The number of nitrogen functional groups attached to an aromatic ring is 1. The van der Waals surface area contributed by atoms with Gasteiger partial charge in [0.2, 0.25) is 0 Å². The first-order valence-corrected chi connectivity index (χ1v) is 6.06. The molecule has 2 N–H and O–H groups in total. The number of thioether (sulfide) groups is 1. The van der Waals surface area contributed by atoms with Crippen LogP contribution in [0.2, 0.25) is 0 Å². The van der Waals surface area contributed by atoms with Crippen LogP contribution >= 0.6 is 11.8 Å². The topological polar surface area (TPSA) is 26.0 Å². The maximum atomic E-state index is 13.6. The van der Waals surface area contributed by atoms with Crippen LogP contribution in [0.4, 0.5) is 14.5 Å². The summed E-state index contributed by atoms with van der Waals surface area (Å²) < 4.78 is 26.5. The molecule has 2 rings (SSSR count). The minimum atomic E-state index is -0.392. The molecule has 0 atom stereocenters. The van der Waals surface area contributed by atoms with E-state index in [0.29, 0.717) is 11.3 Å². The molecule has 0 amide bonds. The molecule has 2 aromatic rings. The molecule has 0 saturated heterocycles. The van der Waals surface area contributed by atoms with Gasteiger partial charge in [0.1, 0.15) is 11.6 Å². The van der Waals surface area contributed by atoms with Crippen LogP contribution in [-0.4, -0.2) is 0 Å². The van der Waals surface area contributed by atoms with E-state index in [1.165, 1.54) is 30.0 Å². The lowest BCUT2D eigenvalue weighted by molar-refractivity contribution is 0.622. The average Bonchev–Trinajstić information content (AvgIpc) is 2.31. The van der Waals surface area contributed by atoms with Crippen molar-refractivity contribution < 1.29 is 8.78 Å². The van der Waals surface area contributed by atoms with Gasteiger partial charge >= 0.3 is 0 Å². The number of hydrogen-bond donors (Lipinski definition) is 1. The van der Waals surface area contributed by atoms with E-state index in [1.807, 2.05) is 0 Å². The van der Waals surface area contributed by atoms with Gasteiger partial charge in [-0.1, -0.05) is 18.2 Å². The summed E-state index contributed by atoms with van der Waals surface area (Å²) in [7, 11) is 0. The molecule has 0 heterocycles. The molecule has 0 aliphatic carbocycles. The molecule has 88 valence electrons. The van der Waals surface area contributed by atoms with Crippen LogP contribution in [0.3, 0.4) is 0 Å². The van der Waals surface area contributed by atoms with Gasteiger partial charge in [0.05, 0.1) is 5.69 Å². The molecular formula is C13H11F2NS. The largest absolute Gasteiger partial charge is 0.396 e. The zero-order chi connectivity index (χ0) is 12.3. The Kier molecular flexibility index (Phi) is 3.64. The summed E-state index contributed by atoms with van der Waals surface area (Å²) >= 11 is 1.37. The number of benzene rings is 2. The van der Waals surface area contributed by atoms with E-state index in [2.05, 4.69) is 0 Å². The normalized spacial score (nSPS) is 10.5. The molecule has 4 heteroatoms. The molecule has 0 saturated carbocycles. The fourth-order valence-corrected chi connectivity index (χ4v) is 2.34. The van der Waals surface area contributed by atoms with Crippen molar-refractivity contribution in [2.45, 2.75) is 10.6 Å². The zero-order valence-corrected chi connectivity index (χ0v) is 9.81. The number of halogens is 2. The highest BCUT2D eigenvalue weighted by atomic mass is 32.2. The van der Waals surface area contributed by atoms with E-state index in [9.17, 15) is 8.78 Å². The van der Waals surface area contributed by atoms with Crippen LogP contribution in [-0.2, 0) is 5.75 Å². The van der Waals surface area contributed by atoms with Gasteiger partial charge in [0.15, 0.2) is 0 Å². The van der Waals surface area contributed by atoms with Crippen LogP contribution in [0.1, 0.15) is 5.56 Å². The van der Waals surface area contributed by atoms with E-state index >= 15 is 0 Å².